The van der Waals surface area contributed by atoms with Crippen molar-refractivity contribution in [2.75, 3.05) is 12.4 Å². The van der Waals surface area contributed by atoms with Gasteiger partial charge in [-0.05, 0) is 12.1 Å². The van der Waals surface area contributed by atoms with Crippen LogP contribution in [-0.2, 0) is 4.79 Å². The molecular weight excluding hydrogens is 246 g/mol. The summed E-state index contributed by atoms with van der Waals surface area (Å²) in [6, 6.07) is 5.93. The molecule has 0 saturated heterocycles. The zero-order valence-electron chi connectivity index (χ0n) is 9.44. The van der Waals surface area contributed by atoms with Gasteiger partial charge in [-0.15, -0.1) is 0 Å². The molecule has 0 unspecified atom stereocenters. The number of nitriles is 1. The summed E-state index contributed by atoms with van der Waals surface area (Å²) >= 11 is 0. The highest BCUT2D eigenvalue weighted by Gasteiger charge is 2.16. The van der Waals surface area contributed by atoms with Crippen LogP contribution in [0.3, 0.4) is 0 Å². The van der Waals surface area contributed by atoms with E-state index in [0.29, 0.717) is 0 Å². The SMILES string of the molecule is COc1cccc(NC(=O)CC#N)c1OC(F)F. The van der Waals surface area contributed by atoms with Gasteiger partial charge in [0, 0.05) is 0 Å². The van der Waals surface area contributed by atoms with E-state index in [0.717, 1.165) is 0 Å². The number of alkyl halides is 2. The first-order valence-electron chi connectivity index (χ1n) is 4.87. The van der Waals surface area contributed by atoms with E-state index in [9.17, 15) is 13.6 Å². The molecule has 0 aliphatic carbocycles. The number of methoxy groups -OCH3 is 1. The average molecular weight is 256 g/mol. The molecule has 1 aromatic rings. The molecule has 0 bridgehead atoms. The van der Waals surface area contributed by atoms with Crippen LogP contribution in [-0.4, -0.2) is 19.6 Å². The Hall–Kier alpha value is -2.36. The van der Waals surface area contributed by atoms with E-state index in [4.69, 9.17) is 10.00 Å². The van der Waals surface area contributed by atoms with E-state index >= 15 is 0 Å². The maximum atomic E-state index is 12.3. The van der Waals surface area contributed by atoms with Gasteiger partial charge in [0.15, 0.2) is 11.5 Å². The van der Waals surface area contributed by atoms with Gasteiger partial charge in [0.05, 0.1) is 18.9 Å². The first kappa shape index (κ1) is 13.7. The molecule has 7 heteroatoms. The van der Waals surface area contributed by atoms with Crippen LogP contribution in [0.5, 0.6) is 11.5 Å². The van der Waals surface area contributed by atoms with Crippen molar-refractivity contribution >= 4 is 11.6 Å². The summed E-state index contributed by atoms with van der Waals surface area (Å²) in [6.45, 7) is -3.05. The van der Waals surface area contributed by atoms with Crippen molar-refractivity contribution in [2.24, 2.45) is 0 Å². The number of para-hydroxylation sites is 1. The van der Waals surface area contributed by atoms with Crippen LogP contribution in [0.25, 0.3) is 0 Å². The molecule has 18 heavy (non-hydrogen) atoms. The first-order valence-corrected chi connectivity index (χ1v) is 4.87. The van der Waals surface area contributed by atoms with E-state index in [1.165, 1.54) is 25.3 Å². The quantitative estimate of drug-likeness (QED) is 0.876. The number of ether oxygens (including phenoxy) is 2. The fourth-order valence-electron chi connectivity index (χ4n) is 1.25. The van der Waals surface area contributed by atoms with Crippen LogP contribution in [0, 0.1) is 11.3 Å². The van der Waals surface area contributed by atoms with Crippen molar-refractivity contribution in [1.29, 1.82) is 5.26 Å². The summed E-state index contributed by atoms with van der Waals surface area (Å²) in [5, 5.41) is 10.6. The minimum Gasteiger partial charge on any atom is -0.493 e. The maximum absolute atomic E-state index is 12.3. The van der Waals surface area contributed by atoms with Crippen LogP contribution < -0.4 is 14.8 Å². The predicted molar refractivity (Wildman–Crippen MR) is 58.5 cm³/mol. The number of nitrogens with one attached hydrogen (secondary N) is 1. The minimum absolute atomic E-state index is 0.0231. The molecule has 0 fully saturated rings. The molecule has 0 radical (unpaired) electrons. The number of rotatable bonds is 5. The number of nitrogens with zero attached hydrogens (tertiary/aromatic N) is 1. The van der Waals surface area contributed by atoms with Gasteiger partial charge >= 0.3 is 6.61 Å². The number of carbonyl (C=O) groups is 1. The highest BCUT2D eigenvalue weighted by molar-refractivity contribution is 5.94. The van der Waals surface area contributed by atoms with Crippen molar-refractivity contribution in [3.05, 3.63) is 18.2 Å². The van der Waals surface area contributed by atoms with E-state index in [1.807, 2.05) is 0 Å². The highest BCUT2D eigenvalue weighted by atomic mass is 19.3. The van der Waals surface area contributed by atoms with Crippen LogP contribution >= 0.6 is 0 Å². The lowest BCUT2D eigenvalue weighted by Gasteiger charge is -2.14. The number of anilines is 1. The summed E-state index contributed by atoms with van der Waals surface area (Å²) in [4.78, 5) is 11.2. The zero-order valence-corrected chi connectivity index (χ0v) is 9.44. The maximum Gasteiger partial charge on any atom is 0.387 e. The Balaban J connectivity index is 3.02. The summed E-state index contributed by atoms with van der Waals surface area (Å²) in [7, 11) is 1.29. The normalized spacial score (nSPS) is 9.72. The fourth-order valence-corrected chi connectivity index (χ4v) is 1.25. The van der Waals surface area contributed by atoms with E-state index in [2.05, 4.69) is 10.1 Å². The molecule has 0 aromatic heterocycles. The molecule has 1 N–H and O–H groups in total. The second-order valence-corrected chi connectivity index (χ2v) is 3.10. The minimum atomic E-state index is -3.05. The van der Waals surface area contributed by atoms with Crippen LogP contribution in [0.1, 0.15) is 6.42 Å². The smallest absolute Gasteiger partial charge is 0.387 e. The summed E-state index contributed by atoms with van der Waals surface area (Å²) in [5.41, 5.74) is 0.0231. The number of hydrogen-bond acceptors (Lipinski definition) is 4. The van der Waals surface area contributed by atoms with Gasteiger partial charge < -0.3 is 14.8 Å². The second kappa shape index (κ2) is 6.39. The topological polar surface area (TPSA) is 71.3 Å². The molecule has 0 spiro atoms. The van der Waals surface area contributed by atoms with Gasteiger partial charge in [0.2, 0.25) is 5.91 Å². The lowest BCUT2D eigenvalue weighted by molar-refractivity contribution is -0.115. The second-order valence-electron chi connectivity index (χ2n) is 3.10. The average Bonchev–Trinajstić information content (AvgIpc) is 2.31. The standard InChI is InChI=1S/C11H10F2N2O3/c1-17-8-4-2-3-7(10(8)18-11(12)13)15-9(16)5-6-14/h2-4,11H,5H2,1H3,(H,15,16). The van der Waals surface area contributed by atoms with Crippen LogP contribution in [0.15, 0.2) is 18.2 Å². The van der Waals surface area contributed by atoms with Gasteiger partial charge in [-0.25, -0.2) is 0 Å². The van der Waals surface area contributed by atoms with Crippen molar-refractivity contribution in [2.45, 2.75) is 13.0 Å². The lowest BCUT2D eigenvalue weighted by Crippen LogP contribution is -2.13. The molecule has 0 aliphatic heterocycles. The van der Waals surface area contributed by atoms with Crippen molar-refractivity contribution < 1.29 is 23.0 Å². The number of amides is 1. The van der Waals surface area contributed by atoms with E-state index in [1.54, 1.807) is 6.07 Å². The molecule has 96 valence electrons. The Kier molecular flexibility index (Phi) is 4.87. The largest absolute Gasteiger partial charge is 0.493 e. The van der Waals surface area contributed by atoms with E-state index < -0.39 is 12.5 Å². The molecule has 0 saturated carbocycles. The Morgan fingerprint density at radius 2 is 2.28 bits per heavy atom. The molecule has 0 heterocycles. The third-order valence-electron chi connectivity index (χ3n) is 1.92. The third-order valence-corrected chi connectivity index (χ3v) is 1.92. The monoisotopic (exact) mass is 256 g/mol. The molecule has 1 amide bonds. The van der Waals surface area contributed by atoms with Crippen molar-refractivity contribution in [1.82, 2.24) is 0 Å². The number of halogens is 2. The Morgan fingerprint density at radius 3 is 2.83 bits per heavy atom. The highest BCUT2D eigenvalue weighted by Crippen LogP contribution is 2.36. The van der Waals surface area contributed by atoms with Crippen LogP contribution in [0.4, 0.5) is 14.5 Å². The molecule has 1 rings (SSSR count). The summed E-state index contributed by atoms with van der Waals surface area (Å²) < 4.78 is 33.7. The lowest BCUT2D eigenvalue weighted by atomic mass is 10.2. The molecule has 5 nitrogen and oxygen atoms in total. The Bertz CT molecular complexity index is 472. The van der Waals surface area contributed by atoms with Gasteiger partial charge in [0.25, 0.3) is 0 Å². The van der Waals surface area contributed by atoms with Gasteiger partial charge in [-0.2, -0.15) is 14.0 Å². The predicted octanol–water partition coefficient (Wildman–Crippen LogP) is 2.15. The van der Waals surface area contributed by atoms with E-state index in [-0.39, 0.29) is 23.6 Å². The van der Waals surface area contributed by atoms with Gasteiger partial charge in [0.1, 0.15) is 6.42 Å². The summed E-state index contributed by atoms with van der Waals surface area (Å²) in [6.07, 6.45) is -0.384. The Morgan fingerprint density at radius 1 is 1.56 bits per heavy atom. The van der Waals surface area contributed by atoms with Gasteiger partial charge in [-0.3, -0.25) is 4.79 Å². The molecule has 0 aliphatic rings. The zero-order chi connectivity index (χ0) is 13.5. The number of hydrogen-bond donors (Lipinski definition) is 1. The number of carbonyl (C=O) groups excluding carboxylic acids is 1. The number of benzene rings is 1. The van der Waals surface area contributed by atoms with Gasteiger partial charge in [-0.1, -0.05) is 6.07 Å². The summed E-state index contributed by atoms with van der Waals surface area (Å²) in [5.74, 6) is -0.837. The van der Waals surface area contributed by atoms with Crippen molar-refractivity contribution in [3.8, 4) is 17.6 Å². The molecular formula is C11H10F2N2O3. The first-order chi connectivity index (χ1) is 8.58. The molecule has 1 aromatic carbocycles. The van der Waals surface area contributed by atoms with Crippen molar-refractivity contribution in [3.63, 3.8) is 0 Å². The van der Waals surface area contributed by atoms with Crippen LogP contribution in [0.2, 0.25) is 0 Å². The molecule has 0 atom stereocenters. The fraction of sp³-hybridized carbons (Fsp3) is 0.273. The third kappa shape index (κ3) is 3.59. The Labute approximate surface area is 102 Å².